The molecule has 0 aliphatic heterocycles. The monoisotopic (exact) mass is 572 g/mol. The van der Waals surface area contributed by atoms with Gasteiger partial charge in [-0.2, -0.15) is 0 Å². The van der Waals surface area contributed by atoms with Crippen molar-refractivity contribution in [2.45, 2.75) is 58.3 Å². The van der Waals surface area contributed by atoms with Crippen LogP contribution in [-0.2, 0) is 24.2 Å². The van der Waals surface area contributed by atoms with E-state index >= 15 is 0 Å². The van der Waals surface area contributed by atoms with E-state index in [0.29, 0.717) is 13.2 Å². The Labute approximate surface area is 184 Å². The molecule has 0 aromatic heterocycles. The van der Waals surface area contributed by atoms with Crippen molar-refractivity contribution < 1.29 is 34.2 Å². The summed E-state index contributed by atoms with van der Waals surface area (Å²) < 4.78 is 7.49. The summed E-state index contributed by atoms with van der Waals surface area (Å²) in [7, 11) is 0. The molecular formula is C23H32O3SW. The zero-order chi connectivity index (χ0) is 20.6. The third-order valence-electron chi connectivity index (χ3n) is 5.68. The molecule has 1 aliphatic rings. The number of hydrogen-bond acceptors (Lipinski definition) is 4. The average Bonchev–Trinajstić information content (AvgIpc) is 3.16. The number of rotatable bonds is 10. The average molecular weight is 572 g/mol. The number of benzene rings is 1. The molecule has 1 N–H and O–H groups in total. The predicted octanol–water partition coefficient (Wildman–Crippen LogP) is 6.23. The van der Waals surface area contributed by atoms with E-state index in [-0.39, 0.29) is 5.41 Å². The van der Waals surface area contributed by atoms with Crippen LogP contribution < -0.4 is 4.74 Å². The zero-order valence-electron chi connectivity index (χ0n) is 17.4. The van der Waals surface area contributed by atoms with Crippen LogP contribution in [0, 0.1) is 5.41 Å². The van der Waals surface area contributed by atoms with Crippen LogP contribution in [0.3, 0.4) is 0 Å². The standard InChI is InChI=1S/C23H32O3S.W/c1-5-18(3)22(19(4)6-2)15-25-20-9-11-21(12-10-20)27-17-23(16-26-24)13-7-8-14-23;/h5,9-12,24H,7-8,13-17H2,1-4H3;. The van der Waals surface area contributed by atoms with Gasteiger partial charge in [0.2, 0.25) is 0 Å². The van der Waals surface area contributed by atoms with Gasteiger partial charge < -0.3 is 0 Å². The minimum atomic E-state index is 0.117. The van der Waals surface area contributed by atoms with Crippen LogP contribution in [0.4, 0.5) is 0 Å². The van der Waals surface area contributed by atoms with E-state index in [1.54, 1.807) is 0 Å². The Kier molecular flexibility index (Phi) is 9.69. The summed E-state index contributed by atoms with van der Waals surface area (Å²) in [6.07, 6.45) is 6.88. The molecule has 1 aliphatic carbocycles. The molecule has 0 unspecified atom stereocenters. The molecular weight excluding hydrogens is 540 g/mol. The summed E-state index contributed by atoms with van der Waals surface area (Å²) in [5, 5.41) is 8.93. The van der Waals surface area contributed by atoms with Crippen molar-refractivity contribution in [1.29, 1.82) is 0 Å². The molecule has 3 nitrogen and oxygen atoms in total. The second-order valence-corrected chi connectivity index (χ2v) is 10.9. The third-order valence-corrected chi connectivity index (χ3v) is 8.14. The molecule has 1 saturated carbocycles. The molecule has 0 spiro atoms. The van der Waals surface area contributed by atoms with Crippen molar-refractivity contribution in [2.75, 3.05) is 19.0 Å². The molecule has 5 heteroatoms. The van der Waals surface area contributed by atoms with E-state index in [2.05, 4.69) is 62.9 Å². The Morgan fingerprint density at radius 1 is 1.18 bits per heavy atom. The maximum absolute atomic E-state index is 8.93. The van der Waals surface area contributed by atoms with E-state index in [9.17, 15) is 0 Å². The first-order valence-corrected chi connectivity index (χ1v) is 12.3. The SMILES string of the molecule is CC=C(C)C(COc1ccc(SCC2(COO)CCCC2)cc1)=C(C)[C](C)=[W]. The first-order chi connectivity index (χ1) is 13.4. The molecule has 1 aromatic carbocycles. The van der Waals surface area contributed by atoms with E-state index in [4.69, 9.17) is 9.99 Å². The minimum absolute atomic E-state index is 0.117. The van der Waals surface area contributed by atoms with Gasteiger partial charge in [-0.3, -0.25) is 5.26 Å². The van der Waals surface area contributed by atoms with Crippen LogP contribution in [0.5, 0.6) is 5.75 Å². The van der Waals surface area contributed by atoms with Gasteiger partial charge in [0.15, 0.2) is 0 Å². The number of allylic oxidation sites excluding steroid dienone is 2. The Balaban J connectivity index is 1.97. The van der Waals surface area contributed by atoms with Gasteiger partial charge in [0.05, 0.1) is 6.61 Å². The van der Waals surface area contributed by atoms with Gasteiger partial charge in [-0.15, -0.1) is 0 Å². The molecule has 154 valence electrons. The normalized spacial score (nSPS) is 17.4. The van der Waals surface area contributed by atoms with E-state index in [1.165, 1.54) is 57.7 Å². The van der Waals surface area contributed by atoms with Crippen LogP contribution in [-0.4, -0.2) is 28.1 Å². The molecule has 0 heterocycles. The Bertz CT molecular complexity index is 716. The zero-order valence-corrected chi connectivity index (χ0v) is 21.2. The van der Waals surface area contributed by atoms with Crippen molar-refractivity contribution >= 4 is 15.7 Å². The molecule has 1 aromatic rings. The van der Waals surface area contributed by atoms with Gasteiger partial charge in [-0.25, -0.2) is 4.89 Å². The van der Waals surface area contributed by atoms with Crippen molar-refractivity contribution in [3.63, 3.8) is 0 Å². The number of ether oxygens (including phenoxy) is 1. The Morgan fingerprint density at radius 2 is 1.82 bits per heavy atom. The second kappa shape index (κ2) is 11.5. The van der Waals surface area contributed by atoms with Crippen molar-refractivity contribution in [3.8, 4) is 5.75 Å². The molecule has 2 rings (SSSR count). The first-order valence-electron chi connectivity index (χ1n) is 9.87. The van der Waals surface area contributed by atoms with Crippen LogP contribution >= 0.6 is 11.8 Å². The quantitative estimate of drug-likeness (QED) is 0.156. The second-order valence-electron chi connectivity index (χ2n) is 7.66. The van der Waals surface area contributed by atoms with Crippen LogP contribution in [0.25, 0.3) is 0 Å². The topological polar surface area (TPSA) is 38.7 Å². The molecule has 0 bridgehead atoms. The van der Waals surface area contributed by atoms with Crippen LogP contribution in [0.2, 0.25) is 0 Å². The summed E-state index contributed by atoms with van der Waals surface area (Å²) in [6, 6.07) is 8.36. The van der Waals surface area contributed by atoms with Gasteiger partial charge in [-0.1, -0.05) is 12.8 Å². The third kappa shape index (κ3) is 6.69. The fourth-order valence-corrected chi connectivity index (χ4v) is 5.14. The molecule has 0 radical (unpaired) electrons. The first kappa shape index (κ1) is 23.6. The summed E-state index contributed by atoms with van der Waals surface area (Å²) in [5.41, 5.74) is 4.01. The van der Waals surface area contributed by atoms with Crippen molar-refractivity contribution in [2.24, 2.45) is 5.41 Å². The van der Waals surface area contributed by atoms with Gasteiger partial charge in [0.25, 0.3) is 0 Å². The number of hydrogen-bond donors (Lipinski definition) is 1. The maximum atomic E-state index is 8.93. The van der Waals surface area contributed by atoms with Gasteiger partial charge >= 0.3 is 143 Å². The number of thioether (sulfide) groups is 1. The fourth-order valence-electron chi connectivity index (χ4n) is 3.52. The molecule has 0 amide bonds. The van der Waals surface area contributed by atoms with E-state index in [0.717, 1.165) is 24.3 Å². The van der Waals surface area contributed by atoms with Crippen molar-refractivity contribution in [1.82, 2.24) is 0 Å². The predicted molar refractivity (Wildman–Crippen MR) is 115 cm³/mol. The summed E-state index contributed by atoms with van der Waals surface area (Å²) in [4.78, 5) is 5.74. The molecule has 1 fully saturated rings. The summed E-state index contributed by atoms with van der Waals surface area (Å²) in [6.45, 7) is 9.62. The van der Waals surface area contributed by atoms with Gasteiger partial charge in [0, 0.05) is 0 Å². The van der Waals surface area contributed by atoms with Gasteiger partial charge in [0.1, 0.15) is 0 Å². The summed E-state index contributed by atoms with van der Waals surface area (Å²) in [5.74, 6) is 1.88. The van der Waals surface area contributed by atoms with Gasteiger partial charge in [-0.05, 0) is 12.8 Å². The van der Waals surface area contributed by atoms with E-state index < -0.39 is 0 Å². The molecule has 28 heavy (non-hydrogen) atoms. The van der Waals surface area contributed by atoms with E-state index in [1.807, 2.05) is 11.8 Å². The van der Waals surface area contributed by atoms with Crippen LogP contribution in [0.1, 0.15) is 53.4 Å². The Morgan fingerprint density at radius 3 is 2.36 bits per heavy atom. The van der Waals surface area contributed by atoms with Crippen LogP contribution in [0.15, 0.2) is 52.0 Å². The molecule has 0 atom stereocenters. The molecule has 0 saturated heterocycles. The Hall–Kier alpha value is -0.672. The summed E-state index contributed by atoms with van der Waals surface area (Å²) >= 11 is 3.34. The fraction of sp³-hybridized carbons (Fsp3) is 0.522. The van der Waals surface area contributed by atoms with Crippen molar-refractivity contribution in [3.05, 3.63) is 47.1 Å².